The highest BCUT2D eigenvalue weighted by Gasteiger charge is 2.22. The van der Waals surface area contributed by atoms with Crippen LogP contribution in [0, 0.1) is 5.92 Å². The Balaban J connectivity index is 5.86. The van der Waals surface area contributed by atoms with E-state index in [1.807, 2.05) is 0 Å². The molecule has 0 saturated heterocycles. The first kappa shape index (κ1) is 115. The molecule has 0 aliphatic rings. The van der Waals surface area contributed by atoms with Gasteiger partial charge in [-0.25, -0.2) is 0 Å². The molecule has 3 amide bonds. The van der Waals surface area contributed by atoms with Crippen molar-refractivity contribution in [1.82, 2.24) is 20.4 Å². The van der Waals surface area contributed by atoms with Gasteiger partial charge < -0.3 is 53.6 Å². The average Bonchev–Trinajstić information content (AvgIpc) is 0.914. The highest BCUT2D eigenvalue weighted by molar-refractivity contribution is 5.85. The van der Waals surface area contributed by atoms with Crippen molar-refractivity contribution in [2.45, 2.75) is 342 Å². The van der Waals surface area contributed by atoms with E-state index in [0.29, 0.717) is 90.3 Å². The molecule has 0 aliphatic heterocycles. The molecule has 698 valence electrons. The molecule has 0 saturated carbocycles. The largest absolute Gasteiger partial charge is 0.464 e. The Hall–Kier alpha value is -7.74. The van der Waals surface area contributed by atoms with Gasteiger partial charge in [0.25, 0.3) is 0 Å². The third kappa shape index (κ3) is 84.9. The molecule has 0 rings (SSSR count). The summed E-state index contributed by atoms with van der Waals surface area (Å²) in [5.41, 5.74) is 0.683. The maximum absolute atomic E-state index is 14.1. The summed E-state index contributed by atoms with van der Waals surface area (Å²) in [6.07, 6.45) is 91.7. The lowest BCUT2D eigenvalue weighted by Crippen LogP contribution is -2.38. The Morgan fingerprint density at radius 3 is 0.927 bits per heavy atom. The normalized spacial score (nSPS) is 12.4. The van der Waals surface area contributed by atoms with Gasteiger partial charge in [-0.05, 0) is 173 Å². The van der Waals surface area contributed by atoms with Crippen LogP contribution in [0.2, 0.25) is 0 Å². The zero-order valence-corrected chi connectivity index (χ0v) is 77.9. The van der Waals surface area contributed by atoms with Gasteiger partial charge in [-0.1, -0.05) is 264 Å². The summed E-state index contributed by atoms with van der Waals surface area (Å²) in [4.78, 5) is 110. The summed E-state index contributed by atoms with van der Waals surface area (Å²) < 4.78 is 38.8. The van der Waals surface area contributed by atoms with Crippen molar-refractivity contribution in [2.75, 3.05) is 106 Å². The number of methoxy groups -OCH3 is 1. The van der Waals surface area contributed by atoms with E-state index < -0.39 is 0 Å². The maximum atomic E-state index is 14.1. The van der Waals surface area contributed by atoms with E-state index >= 15 is 0 Å². The quantitative estimate of drug-likeness (QED) is 0.0249. The first-order valence-electron chi connectivity index (χ1n) is 48.1. The Bertz CT molecular complexity index is 2850. The molecule has 0 radical (unpaired) electrons. The Morgan fingerprint density at radius 2 is 0.585 bits per heavy atom. The number of esters is 4. The molecular weight excluding hydrogens is 1550 g/mol. The third-order valence-electron chi connectivity index (χ3n) is 20.4. The molecule has 0 aromatic carbocycles. The predicted molar refractivity (Wildman–Crippen MR) is 508 cm³/mol. The van der Waals surface area contributed by atoms with Gasteiger partial charge in [0.15, 0.2) is 0 Å². The van der Waals surface area contributed by atoms with Crippen LogP contribution in [0.25, 0.3) is 0 Å². The van der Waals surface area contributed by atoms with Crippen molar-refractivity contribution in [3.05, 3.63) is 158 Å². The fourth-order valence-electron chi connectivity index (χ4n) is 13.1. The van der Waals surface area contributed by atoms with Crippen molar-refractivity contribution in [1.29, 1.82) is 0 Å². The lowest BCUT2D eigenvalue weighted by atomic mass is 9.91. The summed E-state index contributed by atoms with van der Waals surface area (Å²) in [7, 11) is 1.62. The minimum atomic E-state index is -0.329. The molecule has 0 fully saturated rings. The molecule has 0 aliphatic carbocycles. The number of ketones is 1. The molecule has 19 heteroatoms. The second-order valence-corrected chi connectivity index (χ2v) is 31.4. The Labute approximate surface area is 747 Å². The van der Waals surface area contributed by atoms with Crippen LogP contribution in [0.3, 0.4) is 0 Å². The van der Waals surface area contributed by atoms with Gasteiger partial charge in [-0.15, -0.1) is 0 Å². The SMILES string of the molecule is C=C(NCCCOCCOCCOC)[C@H](CCCCNC(=O)CCC(=O)N(CCOC(=O)CCCCCCC/C=C\C/C=C\C/C=C\CC)CCOC(=O)CCCCCCC/C=C\C/C=C\C/C=C\CC)CC(=O)CCC(=O)N(CCOC(=O)CCCCCCC/C=C\C/C=C\C/C=C\CC)CCOC(=O)CCCCCCC/C=C\C/C=C\C/C=C\CC. The number of carbonyl (C=O) groups is 8. The van der Waals surface area contributed by atoms with Crippen LogP contribution >= 0.6 is 0 Å². The first-order chi connectivity index (χ1) is 60.3. The highest BCUT2D eigenvalue weighted by Crippen LogP contribution is 2.22. The molecule has 0 bridgehead atoms. The van der Waals surface area contributed by atoms with Gasteiger partial charge in [0, 0.05) is 96.2 Å². The minimum absolute atomic E-state index is 0.0228. The van der Waals surface area contributed by atoms with E-state index in [0.717, 1.165) is 218 Å². The van der Waals surface area contributed by atoms with Crippen molar-refractivity contribution in [3.8, 4) is 0 Å². The molecular formula is C104H172N4O15. The van der Waals surface area contributed by atoms with Crippen molar-refractivity contribution in [2.24, 2.45) is 5.92 Å². The number of unbranched alkanes of at least 4 members (excludes halogenated alkanes) is 21. The van der Waals surface area contributed by atoms with Gasteiger partial charge in [0.1, 0.15) is 32.2 Å². The van der Waals surface area contributed by atoms with Crippen LogP contribution < -0.4 is 10.6 Å². The average molecular weight is 1720 g/mol. The molecule has 2 N–H and O–H groups in total. The molecule has 1 atom stereocenters. The zero-order valence-electron chi connectivity index (χ0n) is 77.9. The standard InChI is InChI=1S/C104H172N4O15/c1-7-11-15-19-23-27-31-35-39-43-47-51-55-59-63-71-101(113)120-86-81-107(82-87-121-102(114)72-64-60-56-52-48-44-40-36-32-28-24-20-16-12-8-2)99(111)77-75-97(109)94-96(95(5)105-80-69-85-118-92-93-119-91-90-117-6)70-67-68-79-106-98(110)76-78-100(112)108(83-88-122-103(115)73-65-61-57-53-49-45-41-37-33-29-25-21-17-13-9-3)84-89-123-104(116)74-66-62-58-54-50-46-42-38-34-30-26-22-18-14-10-4/h11-18,23-30,35-42,96,105H,5,7-10,19-22,31-34,43-94H2,1-4,6H3,(H,106,110)/b15-11-,16-12-,17-13-,18-14-,27-23-,28-24-,29-25-,30-26-,39-35-,40-36-,41-37-,42-38-/t96-/m1/s1. The van der Waals surface area contributed by atoms with Gasteiger partial charge in [-0.3, -0.25) is 38.4 Å². The van der Waals surface area contributed by atoms with Gasteiger partial charge >= 0.3 is 23.9 Å². The van der Waals surface area contributed by atoms with E-state index in [1.54, 1.807) is 7.11 Å². The lowest BCUT2D eigenvalue weighted by Gasteiger charge is -2.23. The van der Waals surface area contributed by atoms with E-state index in [2.05, 4.69) is 191 Å². The molecule has 0 heterocycles. The van der Waals surface area contributed by atoms with Gasteiger partial charge in [0.2, 0.25) is 17.7 Å². The number of carbonyl (C=O) groups excluding carboxylic acids is 8. The number of hydrogen-bond acceptors (Lipinski definition) is 16. The van der Waals surface area contributed by atoms with E-state index in [-0.39, 0.29) is 164 Å². The number of allylic oxidation sites excluding steroid dienone is 25. The van der Waals surface area contributed by atoms with Crippen molar-refractivity contribution in [3.63, 3.8) is 0 Å². The smallest absolute Gasteiger partial charge is 0.305 e. The van der Waals surface area contributed by atoms with Crippen molar-refractivity contribution >= 4 is 47.4 Å². The minimum Gasteiger partial charge on any atom is -0.464 e. The van der Waals surface area contributed by atoms with Crippen LogP contribution in [-0.2, 0) is 71.5 Å². The molecule has 0 aromatic heterocycles. The summed E-state index contributed by atoms with van der Waals surface area (Å²) in [6.45, 7) is 16.4. The number of amides is 3. The Morgan fingerprint density at radius 1 is 0.293 bits per heavy atom. The second-order valence-electron chi connectivity index (χ2n) is 31.4. The second kappa shape index (κ2) is 93.4. The summed E-state index contributed by atoms with van der Waals surface area (Å²) in [6, 6.07) is 0. The fraction of sp³-hybridized carbons (Fsp3) is 0.673. The lowest BCUT2D eigenvalue weighted by molar-refractivity contribution is -0.148. The number of Topliss-reactive ketones (excluding diaryl/α,β-unsaturated/α-hetero) is 1. The summed E-state index contributed by atoms with van der Waals surface area (Å²) >= 11 is 0. The van der Waals surface area contributed by atoms with Crippen LogP contribution in [0.4, 0.5) is 0 Å². The van der Waals surface area contributed by atoms with Gasteiger partial charge in [0.05, 0.1) is 52.6 Å². The van der Waals surface area contributed by atoms with Gasteiger partial charge in [-0.2, -0.15) is 0 Å². The van der Waals surface area contributed by atoms with Crippen LogP contribution in [0.15, 0.2) is 158 Å². The summed E-state index contributed by atoms with van der Waals surface area (Å²) in [5.74, 6) is -2.67. The van der Waals surface area contributed by atoms with E-state index in [9.17, 15) is 38.4 Å². The molecule has 19 nitrogen and oxygen atoms in total. The monoisotopic (exact) mass is 1720 g/mol. The maximum Gasteiger partial charge on any atom is 0.305 e. The van der Waals surface area contributed by atoms with Crippen LogP contribution in [0.5, 0.6) is 0 Å². The number of nitrogens with zero attached hydrogens (tertiary/aromatic N) is 2. The predicted octanol–water partition coefficient (Wildman–Crippen LogP) is 23.8. The van der Waals surface area contributed by atoms with E-state index in [1.165, 1.54) is 9.80 Å². The Kier molecular flexibility index (Phi) is 87.5. The zero-order chi connectivity index (χ0) is 89.5. The molecule has 0 aromatic rings. The fourth-order valence-corrected chi connectivity index (χ4v) is 13.1. The van der Waals surface area contributed by atoms with E-state index in [4.69, 9.17) is 33.2 Å². The third-order valence-corrected chi connectivity index (χ3v) is 20.4. The molecule has 123 heavy (non-hydrogen) atoms. The van der Waals surface area contributed by atoms with Crippen LogP contribution in [-0.4, -0.2) is 163 Å². The number of nitrogens with one attached hydrogen (secondary N) is 2. The number of rotatable bonds is 89. The topological polar surface area (TPSA) is 232 Å². The first-order valence-corrected chi connectivity index (χ1v) is 48.1. The highest BCUT2D eigenvalue weighted by atomic mass is 16.6. The number of hydrogen-bond donors (Lipinski definition) is 2. The summed E-state index contributed by atoms with van der Waals surface area (Å²) in [5, 5.41) is 6.37. The molecule has 0 spiro atoms. The number of ether oxygens (including phenoxy) is 7. The van der Waals surface area contributed by atoms with Crippen LogP contribution in [0.1, 0.15) is 342 Å². The van der Waals surface area contributed by atoms with Crippen molar-refractivity contribution < 1.29 is 71.5 Å². The molecule has 0 unspecified atom stereocenters.